The fraction of sp³-hybridized carbons (Fsp3) is 0.333. The molecule has 0 fully saturated rings. The first kappa shape index (κ1) is 14.2. The highest BCUT2D eigenvalue weighted by Crippen LogP contribution is 2.09. The Morgan fingerprint density at radius 2 is 2.28 bits per heavy atom. The van der Waals surface area contributed by atoms with Gasteiger partial charge in [-0.3, -0.25) is 0 Å². The van der Waals surface area contributed by atoms with Gasteiger partial charge in [0.15, 0.2) is 0 Å². The zero-order valence-electron chi connectivity index (χ0n) is 9.95. The van der Waals surface area contributed by atoms with Gasteiger partial charge >= 0.3 is 6.03 Å². The van der Waals surface area contributed by atoms with Crippen LogP contribution in [0.2, 0.25) is 0 Å². The van der Waals surface area contributed by atoms with Crippen LogP contribution in [0.25, 0.3) is 0 Å². The fourth-order valence-corrected chi connectivity index (χ4v) is 1.41. The number of hydrogen-bond donors (Lipinski definition) is 2. The van der Waals surface area contributed by atoms with E-state index in [-0.39, 0.29) is 6.54 Å². The average Bonchev–Trinajstić information content (AvgIpc) is 2.63. The van der Waals surface area contributed by atoms with Crippen LogP contribution >= 0.6 is 0 Å². The standard InChI is InChI=1S/C9H14N4O4S/c1-13(18(2,15)16)6-8-4-3-7(17-8)5-11-12-9(10)14/h3-5H,6H2,1-2H3,(H3,10,12,14)/b11-5-. The van der Waals surface area contributed by atoms with Crippen LogP contribution in [0, 0.1) is 0 Å². The zero-order chi connectivity index (χ0) is 13.8. The number of rotatable bonds is 5. The van der Waals surface area contributed by atoms with Gasteiger partial charge in [-0.15, -0.1) is 0 Å². The minimum Gasteiger partial charge on any atom is -0.459 e. The van der Waals surface area contributed by atoms with E-state index in [9.17, 15) is 13.2 Å². The van der Waals surface area contributed by atoms with Gasteiger partial charge in [0.1, 0.15) is 11.5 Å². The van der Waals surface area contributed by atoms with E-state index in [1.54, 1.807) is 12.1 Å². The van der Waals surface area contributed by atoms with Gasteiger partial charge in [-0.05, 0) is 12.1 Å². The summed E-state index contributed by atoms with van der Waals surface area (Å²) in [4.78, 5) is 10.3. The van der Waals surface area contributed by atoms with Gasteiger partial charge in [0.05, 0.1) is 19.0 Å². The highest BCUT2D eigenvalue weighted by Gasteiger charge is 2.13. The monoisotopic (exact) mass is 274 g/mol. The Morgan fingerprint density at radius 1 is 1.61 bits per heavy atom. The molecule has 18 heavy (non-hydrogen) atoms. The number of nitrogens with one attached hydrogen (secondary N) is 1. The van der Waals surface area contributed by atoms with Gasteiger partial charge in [-0.25, -0.2) is 18.6 Å². The largest absolute Gasteiger partial charge is 0.459 e. The number of carbonyl (C=O) groups excluding carboxylic acids is 1. The summed E-state index contributed by atoms with van der Waals surface area (Å²) in [5.74, 6) is 0.837. The van der Waals surface area contributed by atoms with Crippen LogP contribution in [0.5, 0.6) is 0 Å². The number of hydrogen-bond acceptors (Lipinski definition) is 5. The Labute approximate surface area is 104 Å². The number of furan rings is 1. The molecule has 0 aliphatic carbocycles. The van der Waals surface area contributed by atoms with E-state index in [0.717, 1.165) is 10.6 Å². The van der Waals surface area contributed by atoms with Crippen molar-refractivity contribution < 1.29 is 17.6 Å². The summed E-state index contributed by atoms with van der Waals surface area (Å²) in [7, 11) is -1.81. The third-order valence-electron chi connectivity index (χ3n) is 1.99. The maximum absolute atomic E-state index is 11.2. The van der Waals surface area contributed by atoms with Crippen LogP contribution in [0.4, 0.5) is 4.79 Å². The number of hydrazone groups is 1. The quantitative estimate of drug-likeness (QED) is 0.564. The molecule has 0 aliphatic rings. The SMILES string of the molecule is CN(Cc1ccc(/C=N\NC(N)=O)o1)S(C)(=O)=O. The normalized spacial score (nSPS) is 12.2. The van der Waals surface area contributed by atoms with Crippen molar-refractivity contribution in [1.29, 1.82) is 0 Å². The van der Waals surface area contributed by atoms with Crippen molar-refractivity contribution in [3.63, 3.8) is 0 Å². The summed E-state index contributed by atoms with van der Waals surface area (Å²) in [6.07, 6.45) is 2.36. The van der Waals surface area contributed by atoms with E-state index >= 15 is 0 Å². The third kappa shape index (κ3) is 4.55. The molecule has 0 aromatic carbocycles. The molecule has 100 valence electrons. The molecular formula is C9H14N4O4S. The van der Waals surface area contributed by atoms with Crippen LogP contribution in [-0.2, 0) is 16.6 Å². The molecule has 1 aromatic rings. The Balaban J connectivity index is 2.64. The van der Waals surface area contributed by atoms with Crippen molar-refractivity contribution >= 4 is 22.3 Å². The summed E-state index contributed by atoms with van der Waals surface area (Å²) < 4.78 is 28.8. The molecule has 0 bridgehead atoms. The second-order valence-electron chi connectivity index (χ2n) is 3.56. The number of nitrogens with zero attached hydrogens (tertiary/aromatic N) is 2. The third-order valence-corrected chi connectivity index (χ3v) is 3.26. The van der Waals surface area contributed by atoms with Crippen molar-refractivity contribution in [3.05, 3.63) is 23.7 Å². The fourth-order valence-electron chi connectivity index (χ4n) is 1.05. The van der Waals surface area contributed by atoms with Crippen LogP contribution < -0.4 is 11.2 Å². The van der Waals surface area contributed by atoms with Gasteiger partial charge in [-0.2, -0.15) is 9.41 Å². The number of primary amides is 1. The first-order valence-corrected chi connectivity index (χ1v) is 6.72. The van der Waals surface area contributed by atoms with Crippen molar-refractivity contribution in [3.8, 4) is 0 Å². The first-order chi connectivity index (χ1) is 8.29. The number of amides is 2. The molecule has 0 atom stereocenters. The Kier molecular flexibility index (Phi) is 4.45. The Bertz CT molecular complexity index is 549. The maximum Gasteiger partial charge on any atom is 0.332 e. The minimum atomic E-state index is -3.25. The molecule has 0 radical (unpaired) electrons. The maximum atomic E-state index is 11.2. The number of sulfonamides is 1. The molecule has 1 heterocycles. The minimum absolute atomic E-state index is 0.121. The van der Waals surface area contributed by atoms with Crippen molar-refractivity contribution in [2.24, 2.45) is 10.8 Å². The van der Waals surface area contributed by atoms with Crippen molar-refractivity contribution in [1.82, 2.24) is 9.73 Å². The van der Waals surface area contributed by atoms with E-state index < -0.39 is 16.1 Å². The number of nitrogens with two attached hydrogens (primary N) is 1. The summed E-state index contributed by atoms with van der Waals surface area (Å²) in [6.45, 7) is 0.121. The van der Waals surface area contributed by atoms with Gasteiger partial charge < -0.3 is 10.2 Å². The lowest BCUT2D eigenvalue weighted by Crippen LogP contribution is -2.24. The molecule has 0 aliphatic heterocycles. The van der Waals surface area contributed by atoms with Gasteiger partial charge in [-0.1, -0.05) is 0 Å². The number of urea groups is 1. The van der Waals surface area contributed by atoms with E-state index in [1.165, 1.54) is 13.3 Å². The summed E-state index contributed by atoms with van der Waals surface area (Å²) >= 11 is 0. The second kappa shape index (κ2) is 5.65. The first-order valence-electron chi connectivity index (χ1n) is 4.87. The van der Waals surface area contributed by atoms with Crippen LogP contribution in [0.15, 0.2) is 21.7 Å². The Hall–Kier alpha value is -1.87. The summed E-state index contributed by atoms with van der Waals surface area (Å²) in [5.41, 5.74) is 6.82. The molecule has 2 amide bonds. The van der Waals surface area contributed by atoms with E-state index in [4.69, 9.17) is 10.2 Å². The molecule has 0 unspecified atom stereocenters. The predicted octanol–water partition coefficient (Wildman–Crippen LogP) is -0.327. The van der Waals surface area contributed by atoms with Crippen LogP contribution in [0.3, 0.4) is 0 Å². The number of carbonyl (C=O) groups is 1. The molecule has 0 saturated heterocycles. The lowest BCUT2D eigenvalue weighted by molar-refractivity contribution is 0.249. The van der Waals surface area contributed by atoms with E-state index in [1.807, 2.05) is 5.43 Å². The molecule has 8 nitrogen and oxygen atoms in total. The highest BCUT2D eigenvalue weighted by atomic mass is 32.2. The van der Waals surface area contributed by atoms with Gasteiger partial charge in [0, 0.05) is 7.05 Å². The molecule has 1 aromatic heterocycles. The highest BCUT2D eigenvalue weighted by molar-refractivity contribution is 7.88. The molecule has 1 rings (SSSR count). The van der Waals surface area contributed by atoms with Gasteiger partial charge in [0.25, 0.3) is 0 Å². The average molecular weight is 274 g/mol. The Morgan fingerprint density at radius 3 is 2.83 bits per heavy atom. The summed E-state index contributed by atoms with van der Waals surface area (Å²) in [6, 6.07) is 2.43. The predicted molar refractivity (Wildman–Crippen MR) is 65.3 cm³/mol. The van der Waals surface area contributed by atoms with Crippen molar-refractivity contribution in [2.45, 2.75) is 6.54 Å². The molecule has 3 N–H and O–H groups in total. The zero-order valence-corrected chi connectivity index (χ0v) is 10.8. The van der Waals surface area contributed by atoms with Crippen molar-refractivity contribution in [2.75, 3.05) is 13.3 Å². The van der Waals surface area contributed by atoms with Crippen LogP contribution in [0.1, 0.15) is 11.5 Å². The second-order valence-corrected chi connectivity index (χ2v) is 5.65. The molecular weight excluding hydrogens is 260 g/mol. The van der Waals surface area contributed by atoms with Crippen LogP contribution in [-0.4, -0.2) is 38.3 Å². The van der Waals surface area contributed by atoms with E-state index in [0.29, 0.717) is 11.5 Å². The van der Waals surface area contributed by atoms with E-state index in [2.05, 4.69) is 5.10 Å². The summed E-state index contributed by atoms with van der Waals surface area (Å²) in [5, 5.41) is 3.51. The molecule has 9 heteroatoms. The topological polar surface area (TPSA) is 118 Å². The lowest BCUT2D eigenvalue weighted by Gasteiger charge is -2.11. The lowest BCUT2D eigenvalue weighted by atomic mass is 10.4. The molecule has 0 saturated carbocycles. The van der Waals surface area contributed by atoms with Gasteiger partial charge in [0.2, 0.25) is 10.0 Å². The molecule has 0 spiro atoms. The smallest absolute Gasteiger partial charge is 0.332 e.